The smallest absolute Gasteiger partial charge is 0.338 e. The Morgan fingerprint density at radius 2 is 1.66 bits per heavy atom. The molecule has 1 atom stereocenters. The second-order valence-electron chi connectivity index (χ2n) is 9.25. The molecule has 204 valence electrons. The number of hydrogen-bond acceptors (Lipinski definition) is 6. The molecular formula is C27H33FN4O5S. The van der Waals surface area contributed by atoms with Crippen molar-refractivity contribution in [3.63, 3.8) is 0 Å². The number of carbonyl (C=O) groups excluding carboxylic acids is 2. The van der Waals surface area contributed by atoms with Crippen LogP contribution in [0, 0.1) is 12.7 Å². The highest BCUT2D eigenvalue weighted by atomic mass is 32.2. The predicted octanol–water partition coefficient (Wildman–Crippen LogP) is 3.04. The molecule has 0 bridgehead atoms. The minimum Gasteiger partial charge on any atom is -0.463 e. The number of halogens is 1. The molecule has 0 radical (unpaired) electrons. The molecule has 2 heterocycles. The minimum atomic E-state index is -3.62. The molecule has 9 nitrogen and oxygen atoms in total. The summed E-state index contributed by atoms with van der Waals surface area (Å²) in [5, 5.41) is 2.86. The Morgan fingerprint density at radius 1 is 1.03 bits per heavy atom. The van der Waals surface area contributed by atoms with Crippen LogP contribution in [0.25, 0.3) is 0 Å². The molecule has 0 aliphatic carbocycles. The maximum Gasteiger partial charge on any atom is 0.338 e. The number of nitrogens with one attached hydrogen (secondary N) is 1. The Labute approximate surface area is 222 Å². The van der Waals surface area contributed by atoms with E-state index in [1.807, 2.05) is 18.7 Å². The highest BCUT2D eigenvalue weighted by Crippen LogP contribution is 2.32. The van der Waals surface area contributed by atoms with E-state index in [4.69, 9.17) is 4.74 Å². The molecule has 1 N–H and O–H groups in total. The van der Waals surface area contributed by atoms with E-state index in [9.17, 15) is 22.4 Å². The third-order valence-electron chi connectivity index (χ3n) is 6.82. The number of hydrogen-bond donors (Lipinski definition) is 1. The lowest BCUT2D eigenvalue weighted by Gasteiger charge is -2.40. The second kappa shape index (κ2) is 11.6. The molecule has 1 fully saturated rings. The van der Waals surface area contributed by atoms with Crippen molar-refractivity contribution in [2.24, 2.45) is 0 Å². The fraction of sp³-hybridized carbons (Fsp3) is 0.407. The Kier molecular flexibility index (Phi) is 8.49. The summed E-state index contributed by atoms with van der Waals surface area (Å²) in [6, 6.07) is 11.2. The van der Waals surface area contributed by atoms with Crippen molar-refractivity contribution in [3.05, 3.63) is 76.7 Å². The highest BCUT2D eigenvalue weighted by Gasteiger charge is 2.39. The molecule has 4 rings (SSSR count). The topological polar surface area (TPSA) is 99.3 Å². The van der Waals surface area contributed by atoms with Gasteiger partial charge in [-0.25, -0.2) is 22.4 Å². The van der Waals surface area contributed by atoms with Gasteiger partial charge in [0.15, 0.2) is 0 Å². The lowest BCUT2D eigenvalue weighted by Crippen LogP contribution is -2.53. The zero-order chi connectivity index (χ0) is 27.4. The molecule has 2 aromatic carbocycles. The SMILES string of the molecule is CCOC(=O)C1=C(CN2CCN(S(=O)(=O)c3ccc(C)cc3)CC2)N(CC)C(=O)NC1c1ccc(F)cc1. The van der Waals surface area contributed by atoms with Gasteiger partial charge in [0.1, 0.15) is 5.82 Å². The summed E-state index contributed by atoms with van der Waals surface area (Å²) in [5.41, 5.74) is 2.33. The highest BCUT2D eigenvalue weighted by molar-refractivity contribution is 7.89. The summed E-state index contributed by atoms with van der Waals surface area (Å²) in [6.45, 7) is 7.55. The van der Waals surface area contributed by atoms with Crippen molar-refractivity contribution >= 4 is 22.0 Å². The van der Waals surface area contributed by atoms with Gasteiger partial charge < -0.3 is 10.1 Å². The van der Waals surface area contributed by atoms with E-state index >= 15 is 0 Å². The van der Waals surface area contributed by atoms with E-state index in [0.717, 1.165) is 5.56 Å². The van der Waals surface area contributed by atoms with Gasteiger partial charge in [-0.2, -0.15) is 4.31 Å². The van der Waals surface area contributed by atoms with Crippen LogP contribution in [0.1, 0.15) is 31.0 Å². The average Bonchev–Trinajstić information content (AvgIpc) is 2.89. The maximum atomic E-state index is 13.6. The largest absolute Gasteiger partial charge is 0.463 e. The Bertz CT molecular complexity index is 1300. The molecule has 0 aromatic heterocycles. The fourth-order valence-electron chi connectivity index (χ4n) is 4.76. The van der Waals surface area contributed by atoms with E-state index in [1.165, 1.54) is 33.5 Å². The number of urea groups is 1. The first-order chi connectivity index (χ1) is 18.1. The molecule has 11 heteroatoms. The first kappa shape index (κ1) is 27.7. The summed E-state index contributed by atoms with van der Waals surface area (Å²) >= 11 is 0. The first-order valence-corrected chi connectivity index (χ1v) is 14.1. The molecule has 2 aromatic rings. The lowest BCUT2D eigenvalue weighted by atomic mass is 9.94. The van der Waals surface area contributed by atoms with Crippen LogP contribution in [0.15, 0.2) is 64.7 Å². The second-order valence-corrected chi connectivity index (χ2v) is 11.2. The summed E-state index contributed by atoms with van der Waals surface area (Å²) in [5.74, 6) is -0.984. The van der Waals surface area contributed by atoms with Gasteiger partial charge >= 0.3 is 12.0 Å². The van der Waals surface area contributed by atoms with Gasteiger partial charge in [0.05, 0.1) is 23.1 Å². The third-order valence-corrected chi connectivity index (χ3v) is 8.73. The maximum absolute atomic E-state index is 13.6. The molecule has 2 amide bonds. The molecule has 1 saturated heterocycles. The van der Waals surface area contributed by atoms with Crippen molar-refractivity contribution < 1.29 is 27.1 Å². The zero-order valence-electron chi connectivity index (χ0n) is 21.8. The van der Waals surface area contributed by atoms with E-state index in [1.54, 1.807) is 31.2 Å². The number of benzene rings is 2. The standard InChI is InChI=1S/C27H33FN4O5S/c1-4-32-23(18-30-14-16-31(17-15-30)38(35,36)22-12-6-19(3)7-13-22)24(26(33)37-5-2)25(29-27(32)34)20-8-10-21(28)11-9-20/h6-13,25H,4-5,14-18H2,1-3H3,(H,29,34). The predicted molar refractivity (Wildman–Crippen MR) is 140 cm³/mol. The van der Waals surface area contributed by atoms with Gasteiger partial charge in [-0.05, 0) is 50.6 Å². The van der Waals surface area contributed by atoms with E-state index < -0.39 is 27.9 Å². The van der Waals surface area contributed by atoms with Gasteiger partial charge in [-0.3, -0.25) is 9.80 Å². The van der Waals surface area contributed by atoms with Crippen LogP contribution >= 0.6 is 0 Å². The van der Waals surface area contributed by atoms with E-state index in [2.05, 4.69) is 5.32 Å². The number of likely N-dealkylation sites (N-methyl/N-ethyl adjacent to an activating group) is 1. The number of sulfonamides is 1. The van der Waals surface area contributed by atoms with Crippen molar-refractivity contribution in [1.82, 2.24) is 19.4 Å². The van der Waals surface area contributed by atoms with Crippen LogP contribution in [0.5, 0.6) is 0 Å². The van der Waals surface area contributed by atoms with Crippen LogP contribution in [-0.4, -0.2) is 80.4 Å². The van der Waals surface area contributed by atoms with E-state index in [-0.39, 0.29) is 42.7 Å². The van der Waals surface area contributed by atoms with Gasteiger partial charge in [-0.15, -0.1) is 0 Å². The summed E-state index contributed by atoms with van der Waals surface area (Å²) in [7, 11) is -3.62. The Balaban J connectivity index is 1.61. The molecule has 2 aliphatic rings. The Hall–Kier alpha value is -3.28. The van der Waals surface area contributed by atoms with Crippen LogP contribution in [0.3, 0.4) is 0 Å². The first-order valence-electron chi connectivity index (χ1n) is 12.7. The number of esters is 1. The van der Waals surface area contributed by atoms with Crippen LogP contribution < -0.4 is 5.32 Å². The molecular weight excluding hydrogens is 511 g/mol. The van der Waals surface area contributed by atoms with Crippen LogP contribution in [0.2, 0.25) is 0 Å². The monoisotopic (exact) mass is 544 g/mol. The number of aryl methyl sites for hydroxylation is 1. The van der Waals surface area contributed by atoms with Crippen molar-refractivity contribution in [2.75, 3.05) is 45.9 Å². The van der Waals surface area contributed by atoms with Gasteiger partial charge in [0.25, 0.3) is 0 Å². The summed E-state index contributed by atoms with van der Waals surface area (Å²) < 4.78 is 46.7. The van der Waals surface area contributed by atoms with E-state index in [0.29, 0.717) is 30.9 Å². The number of ether oxygens (including phenoxy) is 1. The van der Waals surface area contributed by atoms with Crippen molar-refractivity contribution in [1.29, 1.82) is 0 Å². The summed E-state index contributed by atoms with van der Waals surface area (Å²) in [4.78, 5) is 30.0. The number of rotatable bonds is 8. The zero-order valence-corrected chi connectivity index (χ0v) is 22.6. The Morgan fingerprint density at radius 3 is 2.24 bits per heavy atom. The third kappa shape index (κ3) is 5.74. The van der Waals surface area contributed by atoms with Gasteiger partial charge in [-0.1, -0.05) is 29.8 Å². The molecule has 0 saturated carbocycles. The molecule has 0 spiro atoms. The number of amides is 2. The molecule has 1 unspecified atom stereocenters. The van der Waals surface area contributed by atoms with Gasteiger partial charge in [0, 0.05) is 45.0 Å². The quantitative estimate of drug-likeness (QED) is 0.513. The summed E-state index contributed by atoms with van der Waals surface area (Å²) in [6.07, 6.45) is 0. The molecule has 38 heavy (non-hydrogen) atoms. The lowest BCUT2D eigenvalue weighted by molar-refractivity contribution is -0.139. The minimum absolute atomic E-state index is 0.154. The van der Waals surface area contributed by atoms with Crippen molar-refractivity contribution in [2.45, 2.75) is 31.7 Å². The average molecular weight is 545 g/mol. The van der Waals surface area contributed by atoms with Crippen LogP contribution in [0.4, 0.5) is 9.18 Å². The fourth-order valence-corrected chi connectivity index (χ4v) is 6.18. The number of piperazine rings is 1. The number of nitrogens with zero attached hydrogens (tertiary/aromatic N) is 3. The molecule has 2 aliphatic heterocycles. The van der Waals surface area contributed by atoms with Crippen molar-refractivity contribution in [3.8, 4) is 0 Å². The van der Waals surface area contributed by atoms with Gasteiger partial charge in [0.2, 0.25) is 10.0 Å². The normalized spacial score (nSPS) is 19.4. The van der Waals surface area contributed by atoms with Crippen LogP contribution in [-0.2, 0) is 19.6 Å². The number of carbonyl (C=O) groups is 2.